The Balaban J connectivity index is 1.82. The van der Waals surface area contributed by atoms with E-state index < -0.39 is 55.0 Å². The minimum atomic E-state index is -1.29. The van der Waals surface area contributed by atoms with Gasteiger partial charge >= 0.3 is 5.97 Å². The average molecular weight is 396 g/mol. The van der Waals surface area contributed by atoms with Gasteiger partial charge in [-0.3, -0.25) is 14.4 Å². The molecule has 1 saturated heterocycles. The minimum Gasteiger partial charge on any atom is -0.480 e. The number of carbonyl (C=O) groups excluding carboxylic acids is 3. The standard InChI is InChI=1S/C16H24N6O6/c17-10(4-9-5-18-8-20-9)14(25)21-11(7-23)15(26)19-6-13(24)22-3-1-2-12(22)16(27)28/h5,8,10-12,23H,1-4,6-7,17H2,(H,18,20)(H,19,26)(H,21,25)(H,27,28). The van der Waals surface area contributed by atoms with Crippen LogP contribution >= 0.6 is 0 Å². The number of nitrogens with two attached hydrogens (primary N) is 1. The van der Waals surface area contributed by atoms with Crippen molar-refractivity contribution in [1.82, 2.24) is 25.5 Å². The van der Waals surface area contributed by atoms with E-state index in [4.69, 9.17) is 10.8 Å². The number of hydrogen-bond acceptors (Lipinski definition) is 7. The van der Waals surface area contributed by atoms with Crippen molar-refractivity contribution in [2.75, 3.05) is 19.7 Å². The van der Waals surface area contributed by atoms with Crippen LogP contribution in [-0.2, 0) is 25.6 Å². The molecule has 12 heteroatoms. The lowest BCUT2D eigenvalue weighted by molar-refractivity contribution is -0.148. The molecular formula is C16H24N6O6. The van der Waals surface area contributed by atoms with Crippen molar-refractivity contribution < 1.29 is 29.4 Å². The largest absolute Gasteiger partial charge is 0.480 e. The number of aromatic amines is 1. The molecule has 1 aliphatic rings. The monoisotopic (exact) mass is 396 g/mol. The zero-order valence-corrected chi connectivity index (χ0v) is 15.1. The third-order valence-corrected chi connectivity index (χ3v) is 4.42. The van der Waals surface area contributed by atoms with Crippen LogP contribution < -0.4 is 16.4 Å². The molecule has 2 rings (SSSR count). The van der Waals surface area contributed by atoms with Crippen LogP contribution in [-0.4, -0.2) is 86.6 Å². The van der Waals surface area contributed by atoms with Crippen LogP contribution in [0.5, 0.6) is 0 Å². The first-order valence-corrected chi connectivity index (χ1v) is 8.77. The molecule has 1 aromatic heterocycles. The van der Waals surface area contributed by atoms with E-state index in [9.17, 15) is 24.3 Å². The lowest BCUT2D eigenvalue weighted by atomic mass is 10.1. The third kappa shape index (κ3) is 5.50. The van der Waals surface area contributed by atoms with Crippen LogP contribution in [0.4, 0.5) is 0 Å². The number of carbonyl (C=O) groups is 4. The molecular weight excluding hydrogens is 372 g/mol. The number of likely N-dealkylation sites (tertiary alicyclic amines) is 1. The molecule has 0 radical (unpaired) electrons. The first-order valence-electron chi connectivity index (χ1n) is 8.77. The number of nitrogens with one attached hydrogen (secondary N) is 3. The van der Waals surface area contributed by atoms with E-state index in [1.807, 2.05) is 0 Å². The summed E-state index contributed by atoms with van der Waals surface area (Å²) >= 11 is 0. The maximum Gasteiger partial charge on any atom is 0.326 e. The Bertz CT molecular complexity index is 708. The van der Waals surface area contributed by atoms with Crippen LogP contribution in [0.1, 0.15) is 18.5 Å². The second-order valence-electron chi connectivity index (χ2n) is 6.43. The summed E-state index contributed by atoms with van der Waals surface area (Å²) in [5, 5.41) is 23.1. The number of rotatable bonds is 9. The molecule has 3 atom stereocenters. The van der Waals surface area contributed by atoms with E-state index in [1.54, 1.807) is 0 Å². The smallest absolute Gasteiger partial charge is 0.326 e. The summed E-state index contributed by atoms with van der Waals surface area (Å²) in [6.07, 6.45) is 4.04. The Morgan fingerprint density at radius 2 is 2.11 bits per heavy atom. The molecule has 0 bridgehead atoms. The molecule has 12 nitrogen and oxygen atoms in total. The number of aliphatic hydroxyl groups excluding tert-OH is 1. The Hall–Kier alpha value is -2.99. The van der Waals surface area contributed by atoms with Gasteiger partial charge in [0.2, 0.25) is 17.7 Å². The van der Waals surface area contributed by atoms with E-state index in [2.05, 4.69) is 20.6 Å². The first-order chi connectivity index (χ1) is 13.3. The summed E-state index contributed by atoms with van der Waals surface area (Å²) in [6, 6.07) is -3.16. The van der Waals surface area contributed by atoms with Crippen LogP contribution in [0.15, 0.2) is 12.5 Å². The highest BCUT2D eigenvalue weighted by molar-refractivity contribution is 5.92. The predicted octanol–water partition coefficient (Wildman–Crippen LogP) is -3.05. The van der Waals surface area contributed by atoms with Crippen LogP contribution in [0, 0.1) is 0 Å². The van der Waals surface area contributed by atoms with E-state index >= 15 is 0 Å². The molecule has 3 unspecified atom stereocenters. The van der Waals surface area contributed by atoms with Gasteiger partial charge < -0.3 is 36.5 Å². The molecule has 0 saturated carbocycles. The highest BCUT2D eigenvalue weighted by Gasteiger charge is 2.34. The van der Waals surface area contributed by atoms with Crippen LogP contribution in [0.3, 0.4) is 0 Å². The summed E-state index contributed by atoms with van der Waals surface area (Å²) in [4.78, 5) is 55.3. The number of imidazole rings is 1. The first kappa shape index (κ1) is 21.3. The van der Waals surface area contributed by atoms with Crippen LogP contribution in [0.2, 0.25) is 0 Å². The number of carboxylic acids is 1. The van der Waals surface area contributed by atoms with Crippen molar-refractivity contribution in [1.29, 1.82) is 0 Å². The normalized spacial score (nSPS) is 18.4. The maximum atomic E-state index is 12.2. The number of hydrogen-bond donors (Lipinski definition) is 6. The summed E-state index contributed by atoms with van der Waals surface area (Å²) in [7, 11) is 0. The van der Waals surface area contributed by atoms with Crippen molar-refractivity contribution in [2.45, 2.75) is 37.4 Å². The van der Waals surface area contributed by atoms with Crippen molar-refractivity contribution in [3.63, 3.8) is 0 Å². The summed E-state index contributed by atoms with van der Waals surface area (Å²) in [5.74, 6) is -3.06. The maximum absolute atomic E-state index is 12.2. The van der Waals surface area contributed by atoms with E-state index in [-0.39, 0.29) is 6.42 Å². The van der Waals surface area contributed by atoms with Crippen molar-refractivity contribution in [2.24, 2.45) is 5.73 Å². The fourth-order valence-corrected chi connectivity index (χ4v) is 2.91. The van der Waals surface area contributed by atoms with E-state index in [0.717, 1.165) is 0 Å². The number of nitrogens with zero attached hydrogens (tertiary/aromatic N) is 2. The van der Waals surface area contributed by atoms with Gasteiger partial charge in [0, 0.05) is 24.9 Å². The Morgan fingerprint density at radius 1 is 1.36 bits per heavy atom. The molecule has 0 aliphatic carbocycles. The highest BCUT2D eigenvalue weighted by atomic mass is 16.4. The molecule has 1 aliphatic heterocycles. The molecule has 7 N–H and O–H groups in total. The van der Waals surface area contributed by atoms with E-state index in [1.165, 1.54) is 17.4 Å². The molecule has 3 amide bonds. The number of aliphatic carboxylic acids is 1. The molecule has 0 aromatic carbocycles. The average Bonchev–Trinajstić information content (AvgIpc) is 3.35. The van der Waals surface area contributed by atoms with Gasteiger partial charge in [0.1, 0.15) is 12.1 Å². The van der Waals surface area contributed by atoms with E-state index in [0.29, 0.717) is 25.1 Å². The summed E-state index contributed by atoms with van der Waals surface area (Å²) < 4.78 is 0. The topological polar surface area (TPSA) is 191 Å². The molecule has 154 valence electrons. The van der Waals surface area contributed by atoms with Crippen molar-refractivity contribution in [3.8, 4) is 0 Å². The van der Waals surface area contributed by atoms with Gasteiger partial charge in [-0.05, 0) is 12.8 Å². The Kier molecular flexibility index (Phi) is 7.46. The van der Waals surface area contributed by atoms with Gasteiger partial charge in [-0.15, -0.1) is 0 Å². The summed E-state index contributed by atoms with van der Waals surface area (Å²) in [6.45, 7) is -0.826. The molecule has 0 spiro atoms. The third-order valence-electron chi connectivity index (χ3n) is 4.42. The minimum absolute atomic E-state index is 0.162. The van der Waals surface area contributed by atoms with Crippen LogP contribution in [0.25, 0.3) is 0 Å². The van der Waals surface area contributed by atoms with Gasteiger partial charge in [0.05, 0.1) is 25.5 Å². The Labute approximate surface area is 160 Å². The van der Waals surface area contributed by atoms with Gasteiger partial charge in [-0.2, -0.15) is 0 Å². The molecule has 1 aromatic rings. The zero-order chi connectivity index (χ0) is 20.7. The number of aromatic nitrogens is 2. The second kappa shape index (κ2) is 9.80. The molecule has 2 heterocycles. The van der Waals surface area contributed by atoms with Gasteiger partial charge in [0.15, 0.2) is 0 Å². The quantitative estimate of drug-likeness (QED) is 0.253. The van der Waals surface area contributed by atoms with Gasteiger partial charge in [0.25, 0.3) is 0 Å². The second-order valence-corrected chi connectivity index (χ2v) is 6.43. The molecule has 28 heavy (non-hydrogen) atoms. The number of H-pyrrole nitrogens is 1. The number of carboxylic acid groups (broad SMARTS) is 1. The fourth-order valence-electron chi connectivity index (χ4n) is 2.91. The summed E-state index contributed by atoms with van der Waals surface area (Å²) in [5.41, 5.74) is 6.41. The van der Waals surface area contributed by atoms with Gasteiger partial charge in [-0.25, -0.2) is 9.78 Å². The number of aliphatic hydroxyl groups is 1. The zero-order valence-electron chi connectivity index (χ0n) is 15.1. The SMILES string of the molecule is NC(Cc1cnc[nH]1)C(=O)NC(CO)C(=O)NCC(=O)N1CCCC1C(=O)O. The molecule has 1 fully saturated rings. The van der Waals surface area contributed by atoms with Crippen molar-refractivity contribution in [3.05, 3.63) is 18.2 Å². The predicted molar refractivity (Wildman–Crippen MR) is 94.7 cm³/mol. The number of amides is 3. The lowest BCUT2D eigenvalue weighted by Crippen LogP contribution is -2.55. The van der Waals surface area contributed by atoms with Gasteiger partial charge in [-0.1, -0.05) is 0 Å². The Morgan fingerprint density at radius 3 is 2.71 bits per heavy atom. The highest BCUT2D eigenvalue weighted by Crippen LogP contribution is 2.17. The van der Waals surface area contributed by atoms with Crippen molar-refractivity contribution >= 4 is 23.7 Å². The lowest BCUT2D eigenvalue weighted by Gasteiger charge is -2.23. The fraction of sp³-hybridized carbons (Fsp3) is 0.562.